The lowest BCUT2D eigenvalue weighted by Crippen LogP contribution is -2.29. The molecular weight excluding hydrogens is 989 g/mol. The number of carbonyl (C=O) groups is 2. The topological polar surface area (TPSA) is 273 Å². The SMILES string of the molecule is Cn1cc(Nc2nccc(-c3ccc4c(c3)CN(S(C)(=O)=O)CCC4CC(=O)c3nnc(C(C)(C)C)o3)n2)cn1.Cn1cc(Nc2nccc(-c3ccc4c(c3)CNCCC4CC(=O)c3nnc(C(C)(C)C)o3)n2)cn1. The first kappa shape index (κ1) is 53.0. The number of rotatable bonds is 13. The quantitative estimate of drug-likeness (QED) is 0.0923. The molecule has 0 radical (unpaired) electrons. The van der Waals surface area contributed by atoms with E-state index in [1.54, 1.807) is 40.2 Å². The summed E-state index contributed by atoms with van der Waals surface area (Å²) in [7, 11) is 0.221. The number of nitrogens with one attached hydrogen (secondary N) is 3. The Hall–Kier alpha value is -7.89. The highest BCUT2D eigenvalue weighted by Crippen LogP contribution is 2.37. The number of sulfonamides is 1. The second-order valence-electron chi connectivity index (χ2n) is 21.2. The predicted octanol–water partition coefficient (Wildman–Crippen LogP) is 7.97. The summed E-state index contributed by atoms with van der Waals surface area (Å²) < 4.78 is 41.3. The Morgan fingerprint density at radius 1 is 0.684 bits per heavy atom. The molecule has 0 saturated carbocycles. The van der Waals surface area contributed by atoms with Gasteiger partial charge >= 0.3 is 0 Å². The zero-order chi connectivity index (χ0) is 53.9. The van der Waals surface area contributed by atoms with E-state index in [1.807, 2.05) is 92.3 Å². The minimum atomic E-state index is -3.46. The van der Waals surface area contributed by atoms with Crippen LogP contribution < -0.4 is 16.0 Å². The average Bonchev–Trinajstić information content (AvgIpc) is 4.20. The van der Waals surface area contributed by atoms with E-state index in [9.17, 15) is 18.0 Å². The van der Waals surface area contributed by atoms with Crippen LogP contribution in [0.2, 0.25) is 0 Å². The summed E-state index contributed by atoms with van der Waals surface area (Å²) in [5, 5.41) is 34.2. The smallest absolute Gasteiger partial charge is 0.284 e. The standard InChI is InChI=1S/C27H32N8O4S.C26H30N8O2/c1-27(2,3)25-33-32-24(39-25)23(36)13-17-9-11-35(40(5,37)38)15-19-12-18(6-7-21(17)19)22-8-10-28-26(31-22)30-20-14-29-34(4)16-20;1-26(2,3)24-33-32-23(36-24)22(35)12-16-7-9-27-13-18-11-17(5-6-20(16)18)21-8-10-28-25(31-21)30-19-14-29-34(4)15-19/h6-8,10,12,14,16-17H,9,11,13,15H2,1-5H3,(H,28,30,31);5-6,8,10-11,14-16,27H,7,9,12-13H2,1-4H3,(H,28,30,31). The van der Waals surface area contributed by atoms with Gasteiger partial charge in [-0.2, -0.15) is 14.5 Å². The van der Waals surface area contributed by atoms with Crippen molar-refractivity contribution in [2.45, 2.75) is 103 Å². The van der Waals surface area contributed by atoms with Gasteiger partial charge in [0.2, 0.25) is 45.3 Å². The van der Waals surface area contributed by atoms with E-state index in [0.29, 0.717) is 48.8 Å². The Kier molecular flexibility index (Phi) is 15.2. The van der Waals surface area contributed by atoms with Crippen molar-refractivity contribution in [2.24, 2.45) is 14.1 Å². The van der Waals surface area contributed by atoms with Gasteiger partial charge in [-0.05, 0) is 77.7 Å². The van der Waals surface area contributed by atoms with E-state index < -0.39 is 10.0 Å². The van der Waals surface area contributed by atoms with Crippen molar-refractivity contribution in [1.82, 2.24) is 69.5 Å². The first-order valence-corrected chi connectivity index (χ1v) is 26.8. The van der Waals surface area contributed by atoms with Crippen LogP contribution in [0.4, 0.5) is 23.3 Å². The van der Waals surface area contributed by atoms with Crippen molar-refractivity contribution in [3.8, 4) is 22.5 Å². The monoisotopic (exact) mass is 1050 g/mol. The maximum atomic E-state index is 13.2. The number of hydrogen-bond donors (Lipinski definition) is 3. The van der Waals surface area contributed by atoms with Crippen LogP contribution in [-0.2, 0) is 48.0 Å². The summed E-state index contributed by atoms with van der Waals surface area (Å²) in [6, 6.07) is 15.8. The number of aromatic nitrogens is 12. The molecule has 0 aliphatic carbocycles. The number of anilines is 4. The van der Waals surface area contributed by atoms with Crippen molar-refractivity contribution in [3.63, 3.8) is 0 Å². The van der Waals surface area contributed by atoms with Crippen molar-refractivity contribution >= 4 is 44.9 Å². The Balaban J connectivity index is 0.000000187. The molecule has 2 unspecified atom stereocenters. The van der Waals surface area contributed by atoms with Crippen LogP contribution in [0.1, 0.15) is 134 Å². The lowest BCUT2D eigenvalue weighted by Gasteiger charge is -2.18. The fourth-order valence-corrected chi connectivity index (χ4v) is 9.80. The minimum Gasteiger partial charge on any atom is -0.418 e. The summed E-state index contributed by atoms with van der Waals surface area (Å²) in [6.45, 7) is 13.8. The van der Waals surface area contributed by atoms with Gasteiger partial charge in [0.1, 0.15) is 0 Å². The van der Waals surface area contributed by atoms with Crippen LogP contribution in [-0.4, -0.2) is 104 Å². The van der Waals surface area contributed by atoms with Gasteiger partial charge in [-0.3, -0.25) is 19.0 Å². The molecule has 2 aliphatic heterocycles. The normalized spacial score (nSPS) is 16.1. The molecule has 0 spiro atoms. The van der Waals surface area contributed by atoms with Crippen LogP contribution in [0.15, 0.2) is 94.5 Å². The van der Waals surface area contributed by atoms with Gasteiger partial charge in [0.25, 0.3) is 11.8 Å². The van der Waals surface area contributed by atoms with Crippen LogP contribution >= 0.6 is 0 Å². The van der Waals surface area contributed by atoms with Crippen LogP contribution in [0.25, 0.3) is 22.5 Å². The van der Waals surface area contributed by atoms with Gasteiger partial charge in [0.05, 0.1) is 41.4 Å². The number of ketones is 2. The molecule has 2 aliphatic rings. The van der Waals surface area contributed by atoms with E-state index in [0.717, 1.165) is 70.0 Å². The zero-order valence-electron chi connectivity index (χ0n) is 44.1. The van der Waals surface area contributed by atoms with Gasteiger partial charge in [-0.1, -0.05) is 65.8 Å². The number of carbonyl (C=O) groups excluding carboxylic acids is 2. The molecule has 3 N–H and O–H groups in total. The van der Waals surface area contributed by atoms with E-state index >= 15 is 0 Å². The van der Waals surface area contributed by atoms with Gasteiger partial charge in [-0.15, -0.1) is 20.4 Å². The Bertz CT molecular complexity index is 3500. The lowest BCUT2D eigenvalue weighted by atomic mass is 9.87. The molecule has 6 aromatic heterocycles. The predicted molar refractivity (Wildman–Crippen MR) is 283 cm³/mol. The first-order valence-electron chi connectivity index (χ1n) is 25.0. The summed E-state index contributed by atoms with van der Waals surface area (Å²) >= 11 is 0. The fourth-order valence-electron chi connectivity index (χ4n) is 8.99. The highest BCUT2D eigenvalue weighted by atomic mass is 32.2. The van der Waals surface area contributed by atoms with Crippen molar-refractivity contribution < 1.29 is 26.8 Å². The Morgan fingerprint density at radius 3 is 1.63 bits per heavy atom. The molecule has 10 rings (SSSR count). The molecular formula is C53H62N16O6S. The van der Waals surface area contributed by atoms with E-state index in [1.165, 1.54) is 10.6 Å². The van der Waals surface area contributed by atoms with Gasteiger partial charge in [0.15, 0.2) is 0 Å². The molecule has 22 nitrogen and oxygen atoms in total. The lowest BCUT2D eigenvalue weighted by molar-refractivity contribution is 0.0927. The second-order valence-corrected chi connectivity index (χ2v) is 23.2. The fraction of sp³-hybridized carbons (Fsp3) is 0.396. The van der Waals surface area contributed by atoms with Gasteiger partial charge in [-0.25, -0.2) is 28.4 Å². The molecule has 0 bridgehead atoms. The molecule has 0 saturated heterocycles. The van der Waals surface area contributed by atoms with Gasteiger partial charge in [0, 0.05) is 93.3 Å². The Morgan fingerprint density at radius 2 is 1.17 bits per heavy atom. The molecule has 8 aromatic rings. The number of hydrogen-bond acceptors (Lipinski definition) is 19. The maximum absolute atomic E-state index is 13.2. The summed E-state index contributed by atoms with van der Waals surface area (Å²) in [5.74, 6) is 1.30. The number of fused-ring (bicyclic) bond motifs is 2. The van der Waals surface area contributed by atoms with E-state index in [-0.39, 0.29) is 59.0 Å². The third kappa shape index (κ3) is 12.8. The van der Waals surface area contributed by atoms with E-state index in [2.05, 4.69) is 84.7 Å². The minimum absolute atomic E-state index is 0.0260. The molecule has 0 fully saturated rings. The number of benzene rings is 2. The average molecular weight is 1050 g/mol. The first-order chi connectivity index (χ1) is 36.1. The van der Waals surface area contributed by atoms with Crippen molar-refractivity contribution in [2.75, 3.05) is 30.0 Å². The molecule has 76 heavy (non-hydrogen) atoms. The second kappa shape index (κ2) is 21.8. The van der Waals surface area contributed by atoms with Crippen LogP contribution in [0, 0.1) is 0 Å². The Labute approximate surface area is 440 Å². The molecule has 23 heteroatoms. The molecule has 0 amide bonds. The van der Waals surface area contributed by atoms with E-state index in [4.69, 9.17) is 8.83 Å². The number of aryl methyl sites for hydroxylation is 2. The molecule has 2 atom stereocenters. The highest BCUT2D eigenvalue weighted by Gasteiger charge is 2.32. The number of nitrogens with zero attached hydrogens (tertiary/aromatic N) is 13. The van der Waals surface area contributed by atoms with Gasteiger partial charge < -0.3 is 24.8 Å². The third-order valence-corrected chi connectivity index (χ3v) is 14.2. The maximum Gasteiger partial charge on any atom is 0.284 e. The summed E-state index contributed by atoms with van der Waals surface area (Å²) in [4.78, 5) is 44.1. The third-order valence-electron chi connectivity index (χ3n) is 13.0. The molecule has 8 heterocycles. The molecule has 2 aromatic carbocycles. The van der Waals surface area contributed by atoms with Crippen LogP contribution in [0.5, 0.6) is 0 Å². The number of Topliss-reactive ketones (excluding diaryl/α,β-unsaturated/α-hetero) is 2. The summed E-state index contributed by atoms with van der Waals surface area (Å²) in [5.41, 5.74) is 8.26. The molecule has 396 valence electrons. The van der Waals surface area contributed by atoms with Crippen molar-refractivity contribution in [3.05, 3.63) is 132 Å². The largest absolute Gasteiger partial charge is 0.418 e. The summed E-state index contributed by atoms with van der Waals surface area (Å²) in [6.07, 6.45) is 13.5. The van der Waals surface area contributed by atoms with Crippen LogP contribution in [0.3, 0.4) is 0 Å². The van der Waals surface area contributed by atoms with Crippen molar-refractivity contribution in [1.29, 1.82) is 0 Å². The highest BCUT2D eigenvalue weighted by molar-refractivity contribution is 7.88. The zero-order valence-corrected chi connectivity index (χ0v) is 44.9.